The van der Waals surface area contributed by atoms with Crippen molar-refractivity contribution >= 4 is 22.4 Å². The average molecular weight is 304 g/mol. The summed E-state index contributed by atoms with van der Waals surface area (Å²) in [5, 5.41) is 0.665. The first kappa shape index (κ1) is 14.2. The highest BCUT2D eigenvalue weighted by Gasteiger charge is 2.38. The van der Waals surface area contributed by atoms with Crippen LogP contribution in [0.5, 0.6) is 0 Å². The number of nitrogens with two attached hydrogens (primary N) is 2. The third-order valence-electron chi connectivity index (χ3n) is 4.00. The summed E-state index contributed by atoms with van der Waals surface area (Å²) < 4.78 is 4.27. The lowest BCUT2D eigenvalue weighted by Crippen LogP contribution is -2.58. The first-order valence-corrected chi connectivity index (χ1v) is 7.72. The van der Waals surface area contributed by atoms with Gasteiger partial charge in [0.25, 0.3) is 0 Å². The number of hydrogen-bond donors (Lipinski definition) is 2. The molecular formula is C14H20N6S. The van der Waals surface area contributed by atoms with Crippen LogP contribution in [0.25, 0.3) is 11.4 Å². The summed E-state index contributed by atoms with van der Waals surface area (Å²) >= 11 is 1.29. The van der Waals surface area contributed by atoms with Gasteiger partial charge in [0.1, 0.15) is 10.8 Å². The Morgan fingerprint density at radius 3 is 2.67 bits per heavy atom. The SMILES string of the molecule is Cc1cnc(-c2c(C)nsc2N)nc1N1CC(C)(CN)C1. The van der Waals surface area contributed by atoms with E-state index in [1.54, 1.807) is 0 Å². The molecule has 21 heavy (non-hydrogen) atoms. The summed E-state index contributed by atoms with van der Waals surface area (Å²) in [6.45, 7) is 8.71. The van der Waals surface area contributed by atoms with E-state index in [9.17, 15) is 0 Å². The molecule has 2 aromatic heterocycles. The molecule has 0 spiro atoms. The van der Waals surface area contributed by atoms with Gasteiger partial charge in [-0.3, -0.25) is 0 Å². The van der Waals surface area contributed by atoms with Crippen molar-refractivity contribution in [1.82, 2.24) is 14.3 Å². The number of aromatic nitrogens is 3. The largest absolute Gasteiger partial charge is 0.389 e. The Balaban J connectivity index is 1.95. The molecule has 4 N–H and O–H groups in total. The Morgan fingerprint density at radius 2 is 2.10 bits per heavy atom. The molecule has 0 bridgehead atoms. The maximum absolute atomic E-state index is 5.99. The van der Waals surface area contributed by atoms with Crippen molar-refractivity contribution in [2.45, 2.75) is 20.8 Å². The van der Waals surface area contributed by atoms with Gasteiger partial charge in [0.05, 0.1) is 11.3 Å². The van der Waals surface area contributed by atoms with E-state index < -0.39 is 0 Å². The van der Waals surface area contributed by atoms with E-state index in [-0.39, 0.29) is 5.41 Å². The summed E-state index contributed by atoms with van der Waals surface area (Å²) in [4.78, 5) is 11.4. The van der Waals surface area contributed by atoms with Crippen LogP contribution in [0.3, 0.4) is 0 Å². The molecule has 0 radical (unpaired) electrons. The number of aryl methyl sites for hydroxylation is 2. The Kier molecular flexibility index (Phi) is 3.33. The van der Waals surface area contributed by atoms with Crippen LogP contribution < -0.4 is 16.4 Å². The molecule has 6 nitrogen and oxygen atoms in total. The van der Waals surface area contributed by atoms with Crippen molar-refractivity contribution in [3.8, 4) is 11.4 Å². The van der Waals surface area contributed by atoms with Crippen molar-refractivity contribution < 1.29 is 0 Å². The first-order chi connectivity index (χ1) is 9.93. The summed E-state index contributed by atoms with van der Waals surface area (Å²) in [5.74, 6) is 1.62. The lowest BCUT2D eigenvalue weighted by molar-refractivity contribution is 0.252. The van der Waals surface area contributed by atoms with Gasteiger partial charge in [0, 0.05) is 36.8 Å². The summed E-state index contributed by atoms with van der Waals surface area (Å²) in [5.41, 5.74) is 14.8. The van der Waals surface area contributed by atoms with Crippen molar-refractivity contribution in [2.24, 2.45) is 11.1 Å². The third kappa shape index (κ3) is 2.36. The fourth-order valence-electron chi connectivity index (χ4n) is 2.69. The van der Waals surface area contributed by atoms with E-state index >= 15 is 0 Å². The minimum absolute atomic E-state index is 0.191. The normalized spacial score (nSPS) is 16.9. The van der Waals surface area contributed by atoms with E-state index in [4.69, 9.17) is 16.5 Å². The Bertz CT molecular complexity index is 655. The predicted octanol–water partition coefficient (Wildman–Crippen LogP) is 1.58. The zero-order valence-corrected chi connectivity index (χ0v) is 13.4. The van der Waals surface area contributed by atoms with Crippen molar-refractivity contribution in [1.29, 1.82) is 0 Å². The Labute approximate surface area is 128 Å². The number of hydrogen-bond acceptors (Lipinski definition) is 7. The number of rotatable bonds is 3. The second-order valence-corrected chi connectivity index (χ2v) is 6.88. The van der Waals surface area contributed by atoms with Gasteiger partial charge < -0.3 is 16.4 Å². The van der Waals surface area contributed by atoms with Gasteiger partial charge in [0.15, 0.2) is 5.82 Å². The minimum atomic E-state index is 0.191. The summed E-state index contributed by atoms with van der Waals surface area (Å²) in [6, 6.07) is 0. The first-order valence-electron chi connectivity index (χ1n) is 6.94. The molecule has 2 aromatic rings. The van der Waals surface area contributed by atoms with Gasteiger partial charge in [-0.05, 0) is 25.4 Å². The highest BCUT2D eigenvalue weighted by molar-refractivity contribution is 7.10. The number of nitrogen functional groups attached to an aromatic ring is 1. The molecule has 0 amide bonds. The smallest absolute Gasteiger partial charge is 0.166 e. The van der Waals surface area contributed by atoms with Gasteiger partial charge in [0.2, 0.25) is 0 Å². The quantitative estimate of drug-likeness (QED) is 0.894. The molecule has 1 aliphatic rings. The molecule has 0 unspecified atom stereocenters. The van der Waals surface area contributed by atoms with Crippen LogP contribution in [0, 0.1) is 19.3 Å². The van der Waals surface area contributed by atoms with Gasteiger partial charge in [-0.2, -0.15) is 4.37 Å². The topological polar surface area (TPSA) is 93.9 Å². The molecule has 0 aromatic carbocycles. The number of nitrogens with zero attached hydrogens (tertiary/aromatic N) is 4. The third-order valence-corrected chi connectivity index (χ3v) is 4.76. The predicted molar refractivity (Wildman–Crippen MR) is 86.4 cm³/mol. The zero-order chi connectivity index (χ0) is 15.2. The van der Waals surface area contributed by atoms with Crippen LogP contribution in [0.2, 0.25) is 0 Å². The minimum Gasteiger partial charge on any atom is -0.389 e. The lowest BCUT2D eigenvalue weighted by atomic mass is 9.82. The maximum atomic E-state index is 5.99. The van der Waals surface area contributed by atoms with Gasteiger partial charge in [-0.1, -0.05) is 6.92 Å². The van der Waals surface area contributed by atoms with E-state index in [0.29, 0.717) is 17.4 Å². The van der Waals surface area contributed by atoms with Crippen molar-refractivity contribution in [3.63, 3.8) is 0 Å². The average Bonchev–Trinajstić information content (AvgIpc) is 2.76. The Morgan fingerprint density at radius 1 is 1.38 bits per heavy atom. The number of anilines is 2. The molecule has 0 atom stereocenters. The van der Waals surface area contributed by atoms with Crippen LogP contribution in [0.15, 0.2) is 6.20 Å². The zero-order valence-electron chi connectivity index (χ0n) is 12.6. The molecule has 1 saturated heterocycles. The summed E-state index contributed by atoms with van der Waals surface area (Å²) in [6.07, 6.45) is 1.85. The molecule has 3 heterocycles. The van der Waals surface area contributed by atoms with Gasteiger partial charge in [-0.25, -0.2) is 9.97 Å². The second-order valence-electron chi connectivity index (χ2n) is 6.08. The molecular weight excluding hydrogens is 284 g/mol. The van der Waals surface area contributed by atoms with Crippen LogP contribution in [0.4, 0.5) is 10.8 Å². The molecule has 1 fully saturated rings. The van der Waals surface area contributed by atoms with Crippen molar-refractivity contribution in [2.75, 3.05) is 30.3 Å². The van der Waals surface area contributed by atoms with Crippen molar-refractivity contribution in [3.05, 3.63) is 17.5 Å². The van der Waals surface area contributed by atoms with Crippen LogP contribution in [0.1, 0.15) is 18.2 Å². The van der Waals surface area contributed by atoms with Gasteiger partial charge in [-0.15, -0.1) is 0 Å². The van der Waals surface area contributed by atoms with E-state index in [2.05, 4.69) is 21.2 Å². The Hall–Kier alpha value is -1.73. The molecule has 0 aliphatic carbocycles. The monoisotopic (exact) mass is 304 g/mol. The molecule has 1 aliphatic heterocycles. The molecule has 0 saturated carbocycles. The highest BCUT2D eigenvalue weighted by Crippen LogP contribution is 2.36. The molecule has 112 valence electrons. The van der Waals surface area contributed by atoms with Crippen LogP contribution in [-0.2, 0) is 0 Å². The van der Waals surface area contributed by atoms with E-state index in [1.807, 2.05) is 20.0 Å². The lowest BCUT2D eigenvalue weighted by Gasteiger charge is -2.48. The second kappa shape index (κ2) is 4.92. The van der Waals surface area contributed by atoms with E-state index in [0.717, 1.165) is 35.7 Å². The highest BCUT2D eigenvalue weighted by atomic mass is 32.1. The van der Waals surface area contributed by atoms with Gasteiger partial charge >= 0.3 is 0 Å². The fraction of sp³-hybridized carbons (Fsp3) is 0.500. The van der Waals surface area contributed by atoms with Crippen LogP contribution in [-0.4, -0.2) is 34.0 Å². The molecule has 7 heteroatoms. The molecule has 3 rings (SSSR count). The fourth-order valence-corrected chi connectivity index (χ4v) is 3.34. The standard InChI is InChI=1S/C14H20N6S/c1-8-4-17-12(10-9(2)19-21-11(10)16)18-13(8)20-6-14(3,5-15)7-20/h4H,5-7,15-16H2,1-3H3. The summed E-state index contributed by atoms with van der Waals surface area (Å²) in [7, 11) is 0. The van der Waals surface area contributed by atoms with E-state index in [1.165, 1.54) is 11.5 Å². The maximum Gasteiger partial charge on any atom is 0.166 e. The van der Waals surface area contributed by atoms with Crippen LogP contribution >= 0.6 is 11.5 Å².